The molecule has 1 fully saturated rings. The Balaban J connectivity index is 1.98. The first-order chi connectivity index (χ1) is 9.90. The summed E-state index contributed by atoms with van der Waals surface area (Å²) in [5.74, 6) is -3.69. The molecule has 0 aromatic heterocycles. The summed E-state index contributed by atoms with van der Waals surface area (Å²) in [7, 11) is 0. The highest BCUT2D eigenvalue weighted by Crippen LogP contribution is 2.24. The van der Waals surface area contributed by atoms with Crippen LogP contribution in [0.15, 0.2) is 18.2 Å². The highest BCUT2D eigenvalue weighted by atomic mass is 19.1. The molecule has 1 amide bonds. The highest BCUT2D eigenvalue weighted by Gasteiger charge is 2.36. The van der Waals surface area contributed by atoms with Gasteiger partial charge in [0.1, 0.15) is 17.3 Å². The van der Waals surface area contributed by atoms with Gasteiger partial charge in [-0.1, -0.05) is 6.07 Å². The third-order valence-electron chi connectivity index (χ3n) is 3.78. The summed E-state index contributed by atoms with van der Waals surface area (Å²) in [6.07, 6.45) is 0.456. The number of nitrogens with zero attached hydrogens (tertiary/aromatic N) is 1. The molecule has 114 valence electrons. The van der Waals surface area contributed by atoms with Crippen molar-refractivity contribution in [2.45, 2.75) is 19.4 Å². The predicted octanol–water partition coefficient (Wildman–Crippen LogP) is 1.70. The number of para-hydroxylation sites is 1. The number of nitrogens with one attached hydrogen (secondary N) is 1. The lowest BCUT2D eigenvalue weighted by Gasteiger charge is -2.22. The molecule has 1 aromatic rings. The van der Waals surface area contributed by atoms with Crippen molar-refractivity contribution < 1.29 is 23.5 Å². The molecule has 2 unspecified atom stereocenters. The maximum absolute atomic E-state index is 13.4. The van der Waals surface area contributed by atoms with Crippen LogP contribution in [0.1, 0.15) is 13.3 Å². The van der Waals surface area contributed by atoms with Gasteiger partial charge in [-0.05, 0) is 32.0 Å². The van der Waals surface area contributed by atoms with Crippen LogP contribution < -0.4 is 5.32 Å². The first-order valence-corrected chi connectivity index (χ1v) is 6.61. The van der Waals surface area contributed by atoms with E-state index in [0.29, 0.717) is 13.0 Å². The zero-order valence-corrected chi connectivity index (χ0v) is 11.5. The summed E-state index contributed by atoms with van der Waals surface area (Å²) in [6, 6.07) is 3.02. The Kier molecular flexibility index (Phi) is 4.52. The minimum Gasteiger partial charge on any atom is -0.481 e. The Bertz CT molecular complexity index is 545. The molecule has 2 atom stereocenters. The van der Waals surface area contributed by atoms with E-state index in [0.717, 1.165) is 12.1 Å². The van der Waals surface area contributed by atoms with Crippen molar-refractivity contribution in [3.8, 4) is 0 Å². The van der Waals surface area contributed by atoms with E-state index >= 15 is 0 Å². The third kappa shape index (κ3) is 3.36. The van der Waals surface area contributed by atoms with E-state index in [4.69, 9.17) is 5.11 Å². The zero-order valence-electron chi connectivity index (χ0n) is 11.5. The first kappa shape index (κ1) is 15.4. The maximum atomic E-state index is 13.4. The number of benzene rings is 1. The SMILES string of the molecule is CC1C(C(=O)O)CCN1CC(=O)Nc1c(F)cccc1F. The van der Waals surface area contributed by atoms with E-state index in [-0.39, 0.29) is 12.6 Å². The third-order valence-corrected chi connectivity index (χ3v) is 3.78. The fraction of sp³-hybridized carbons (Fsp3) is 0.429. The zero-order chi connectivity index (χ0) is 15.6. The number of hydrogen-bond donors (Lipinski definition) is 2. The molecule has 0 aliphatic carbocycles. The van der Waals surface area contributed by atoms with E-state index in [2.05, 4.69) is 5.32 Å². The van der Waals surface area contributed by atoms with Gasteiger partial charge in [0.2, 0.25) is 5.91 Å². The number of amides is 1. The second-order valence-electron chi connectivity index (χ2n) is 5.09. The van der Waals surface area contributed by atoms with Crippen molar-refractivity contribution in [2.75, 3.05) is 18.4 Å². The van der Waals surface area contributed by atoms with Crippen LogP contribution >= 0.6 is 0 Å². The normalized spacial score (nSPS) is 22.2. The fourth-order valence-electron chi connectivity index (χ4n) is 2.54. The first-order valence-electron chi connectivity index (χ1n) is 6.61. The van der Waals surface area contributed by atoms with Crippen LogP contribution in [0, 0.1) is 17.6 Å². The Morgan fingerprint density at radius 2 is 2.00 bits per heavy atom. The number of carbonyl (C=O) groups excluding carboxylic acids is 1. The summed E-state index contributed by atoms with van der Waals surface area (Å²) in [5.41, 5.74) is -0.482. The molecule has 1 heterocycles. The van der Waals surface area contributed by atoms with E-state index < -0.39 is 35.1 Å². The summed E-state index contributed by atoms with van der Waals surface area (Å²) in [5, 5.41) is 11.2. The van der Waals surface area contributed by atoms with Crippen LogP contribution in [0.2, 0.25) is 0 Å². The second kappa shape index (κ2) is 6.17. The van der Waals surface area contributed by atoms with Gasteiger partial charge in [0.05, 0.1) is 12.5 Å². The van der Waals surface area contributed by atoms with Gasteiger partial charge in [-0.3, -0.25) is 14.5 Å². The molecule has 0 saturated carbocycles. The number of carboxylic acid groups (broad SMARTS) is 1. The Morgan fingerprint density at radius 1 is 1.38 bits per heavy atom. The Hall–Kier alpha value is -2.02. The van der Waals surface area contributed by atoms with Gasteiger partial charge in [0.25, 0.3) is 0 Å². The second-order valence-corrected chi connectivity index (χ2v) is 5.09. The lowest BCUT2D eigenvalue weighted by Crippen LogP contribution is -2.38. The highest BCUT2D eigenvalue weighted by molar-refractivity contribution is 5.92. The number of aliphatic carboxylic acids is 1. The molecule has 0 spiro atoms. The van der Waals surface area contributed by atoms with Gasteiger partial charge >= 0.3 is 5.97 Å². The van der Waals surface area contributed by atoms with Crippen LogP contribution in [0.4, 0.5) is 14.5 Å². The van der Waals surface area contributed by atoms with Crippen molar-refractivity contribution in [3.63, 3.8) is 0 Å². The van der Waals surface area contributed by atoms with Gasteiger partial charge in [0.15, 0.2) is 0 Å². The number of carboxylic acids is 1. The average Bonchev–Trinajstić information content (AvgIpc) is 2.76. The fourth-order valence-corrected chi connectivity index (χ4v) is 2.54. The molecule has 0 radical (unpaired) electrons. The number of likely N-dealkylation sites (tertiary alicyclic amines) is 1. The van der Waals surface area contributed by atoms with E-state index in [1.165, 1.54) is 6.07 Å². The lowest BCUT2D eigenvalue weighted by molar-refractivity contribution is -0.142. The molecule has 1 aliphatic heterocycles. The molecule has 1 saturated heterocycles. The number of rotatable bonds is 4. The standard InChI is InChI=1S/C14H16F2N2O3/c1-8-9(14(20)21)5-6-18(8)7-12(19)17-13-10(15)3-2-4-11(13)16/h2-4,8-9H,5-7H2,1H3,(H,17,19)(H,20,21). The van der Waals surface area contributed by atoms with Crippen LogP contribution in [-0.4, -0.2) is 41.0 Å². The van der Waals surface area contributed by atoms with Crippen molar-refractivity contribution in [1.82, 2.24) is 4.90 Å². The van der Waals surface area contributed by atoms with E-state index in [9.17, 15) is 18.4 Å². The Morgan fingerprint density at radius 3 is 2.52 bits per heavy atom. The molecular formula is C14H16F2N2O3. The largest absolute Gasteiger partial charge is 0.481 e. The summed E-state index contributed by atoms with van der Waals surface area (Å²) in [4.78, 5) is 24.5. The molecule has 21 heavy (non-hydrogen) atoms. The van der Waals surface area contributed by atoms with Crippen LogP contribution in [0.3, 0.4) is 0 Å². The van der Waals surface area contributed by atoms with Crippen molar-refractivity contribution >= 4 is 17.6 Å². The smallest absolute Gasteiger partial charge is 0.308 e. The number of halogens is 2. The van der Waals surface area contributed by atoms with Crippen molar-refractivity contribution in [3.05, 3.63) is 29.8 Å². The topological polar surface area (TPSA) is 69.6 Å². The molecule has 7 heteroatoms. The van der Waals surface area contributed by atoms with E-state index in [1.807, 2.05) is 0 Å². The lowest BCUT2D eigenvalue weighted by atomic mass is 10.0. The van der Waals surface area contributed by atoms with E-state index in [1.54, 1.807) is 11.8 Å². The van der Waals surface area contributed by atoms with Crippen LogP contribution in [-0.2, 0) is 9.59 Å². The van der Waals surface area contributed by atoms with Gasteiger partial charge in [-0.15, -0.1) is 0 Å². The Labute approximate surface area is 120 Å². The van der Waals surface area contributed by atoms with Gasteiger partial charge < -0.3 is 10.4 Å². The minimum atomic E-state index is -0.898. The monoisotopic (exact) mass is 298 g/mol. The van der Waals surface area contributed by atoms with Crippen molar-refractivity contribution in [1.29, 1.82) is 0 Å². The van der Waals surface area contributed by atoms with Gasteiger partial charge in [-0.25, -0.2) is 8.78 Å². The quantitative estimate of drug-likeness (QED) is 0.887. The van der Waals surface area contributed by atoms with Crippen LogP contribution in [0.5, 0.6) is 0 Å². The summed E-state index contributed by atoms with van der Waals surface area (Å²) >= 11 is 0. The number of carbonyl (C=O) groups is 2. The minimum absolute atomic E-state index is 0.0985. The summed E-state index contributed by atoms with van der Waals surface area (Å²) < 4.78 is 26.8. The van der Waals surface area contributed by atoms with Crippen LogP contribution in [0.25, 0.3) is 0 Å². The number of hydrogen-bond acceptors (Lipinski definition) is 3. The average molecular weight is 298 g/mol. The molecule has 2 N–H and O–H groups in total. The summed E-state index contributed by atoms with van der Waals surface area (Å²) in [6.45, 7) is 2.09. The molecule has 1 aliphatic rings. The molecular weight excluding hydrogens is 282 g/mol. The predicted molar refractivity (Wildman–Crippen MR) is 71.8 cm³/mol. The number of anilines is 1. The molecule has 0 bridgehead atoms. The van der Waals surface area contributed by atoms with Crippen molar-refractivity contribution in [2.24, 2.45) is 5.92 Å². The molecule has 1 aromatic carbocycles. The molecule has 5 nitrogen and oxygen atoms in total. The maximum Gasteiger partial charge on any atom is 0.308 e. The molecule has 2 rings (SSSR count). The van der Waals surface area contributed by atoms with Gasteiger partial charge in [-0.2, -0.15) is 0 Å². The van der Waals surface area contributed by atoms with Gasteiger partial charge in [0, 0.05) is 6.04 Å².